The molecule has 188 valence electrons. The molecule has 0 aliphatic heterocycles. The molecule has 1 atom stereocenters. The molecule has 3 aromatic carbocycles. The summed E-state index contributed by atoms with van der Waals surface area (Å²) in [6, 6.07) is 17.6. The third-order valence-electron chi connectivity index (χ3n) is 6.12. The molecule has 8 nitrogen and oxygen atoms in total. The van der Waals surface area contributed by atoms with E-state index in [1.807, 2.05) is 31.3 Å². The number of fused-ring (bicyclic) bond motifs is 1. The molecule has 1 unspecified atom stereocenters. The molecular formula is C28H27FN6O2. The molecule has 5 rings (SSSR count). The normalized spacial score (nSPS) is 11.9. The summed E-state index contributed by atoms with van der Waals surface area (Å²) in [6.45, 7) is 2.29. The number of nitrogens with zero attached hydrogens (tertiary/aromatic N) is 1. The monoisotopic (exact) mass is 498 g/mol. The Balaban J connectivity index is 1.58. The van der Waals surface area contributed by atoms with E-state index in [0.29, 0.717) is 35.0 Å². The number of imidazole rings is 1. The first-order valence-electron chi connectivity index (χ1n) is 11.8. The highest BCUT2D eigenvalue weighted by Gasteiger charge is 2.25. The van der Waals surface area contributed by atoms with Crippen molar-refractivity contribution in [3.05, 3.63) is 95.8 Å². The van der Waals surface area contributed by atoms with Crippen LogP contribution in [0.4, 0.5) is 10.1 Å². The molecule has 0 saturated heterocycles. The van der Waals surface area contributed by atoms with E-state index in [9.17, 15) is 0 Å². The first kappa shape index (κ1) is 23.9. The molecule has 37 heavy (non-hydrogen) atoms. The molecule has 6 N–H and O–H groups in total. The zero-order chi connectivity index (χ0) is 25.9. The van der Waals surface area contributed by atoms with Gasteiger partial charge in [-0.2, -0.15) is 0 Å². The van der Waals surface area contributed by atoms with Gasteiger partial charge in [-0.05, 0) is 55.5 Å². The van der Waals surface area contributed by atoms with Crippen molar-refractivity contribution in [1.29, 1.82) is 5.41 Å². The fourth-order valence-corrected chi connectivity index (χ4v) is 4.26. The van der Waals surface area contributed by atoms with Crippen molar-refractivity contribution in [3.8, 4) is 22.8 Å². The van der Waals surface area contributed by atoms with E-state index in [0.717, 1.165) is 22.2 Å². The molecule has 5 aromatic rings. The Bertz CT molecular complexity index is 1560. The number of nitrogens with two attached hydrogens (primary N) is 1. The Labute approximate surface area is 213 Å². The van der Waals surface area contributed by atoms with E-state index < -0.39 is 11.9 Å². The van der Waals surface area contributed by atoms with E-state index in [4.69, 9.17) is 20.6 Å². The molecule has 0 bridgehead atoms. The molecule has 0 saturated carbocycles. The number of benzene rings is 3. The van der Waals surface area contributed by atoms with Crippen LogP contribution in [0.3, 0.4) is 0 Å². The van der Waals surface area contributed by atoms with Gasteiger partial charge in [-0.1, -0.05) is 6.07 Å². The molecule has 2 aromatic heterocycles. The zero-order valence-electron chi connectivity index (χ0n) is 20.4. The average Bonchev–Trinajstić information content (AvgIpc) is 3.58. The first-order valence-corrected chi connectivity index (χ1v) is 11.8. The number of rotatable bonds is 9. The predicted molar refractivity (Wildman–Crippen MR) is 143 cm³/mol. The van der Waals surface area contributed by atoms with Crippen LogP contribution in [-0.2, 0) is 0 Å². The van der Waals surface area contributed by atoms with E-state index in [1.54, 1.807) is 36.5 Å². The van der Waals surface area contributed by atoms with Crippen molar-refractivity contribution < 1.29 is 13.9 Å². The van der Waals surface area contributed by atoms with Crippen LogP contribution in [0.1, 0.15) is 29.9 Å². The van der Waals surface area contributed by atoms with Crippen LogP contribution in [0, 0.1) is 11.2 Å². The standard InChI is InChI=1S/C28H27FN6O2/c1-3-37-20-13-21(25(29)24(14-20)36-2)26(34-19-7-4-16(5-8-19)27(30)31)28-33-15-23(35-28)17-6-9-22-18(12-17)10-11-32-22/h4-15,26,32,34H,3H2,1-2H3,(H3,30,31)(H,33,35). The predicted octanol–water partition coefficient (Wildman–Crippen LogP) is 5.59. The Morgan fingerprint density at radius 2 is 1.95 bits per heavy atom. The summed E-state index contributed by atoms with van der Waals surface area (Å²) in [7, 11) is 1.42. The maximum atomic E-state index is 15.7. The van der Waals surface area contributed by atoms with E-state index in [2.05, 4.69) is 26.3 Å². The van der Waals surface area contributed by atoms with Crippen molar-refractivity contribution in [1.82, 2.24) is 15.0 Å². The van der Waals surface area contributed by atoms with E-state index in [-0.39, 0.29) is 11.6 Å². The van der Waals surface area contributed by atoms with Gasteiger partial charge in [0.25, 0.3) is 0 Å². The van der Waals surface area contributed by atoms with E-state index >= 15 is 4.39 Å². The molecule has 0 fully saturated rings. The van der Waals surface area contributed by atoms with Gasteiger partial charge in [0.1, 0.15) is 23.5 Å². The number of amidine groups is 1. The second-order valence-electron chi connectivity index (χ2n) is 8.49. The number of nitrogens with one attached hydrogen (secondary N) is 4. The second kappa shape index (κ2) is 10.1. The van der Waals surface area contributed by atoms with Crippen LogP contribution in [0.5, 0.6) is 11.5 Å². The number of halogens is 1. The Hall–Kier alpha value is -4.79. The number of H-pyrrole nitrogens is 2. The van der Waals surface area contributed by atoms with Crippen LogP contribution in [0.2, 0.25) is 0 Å². The summed E-state index contributed by atoms with van der Waals surface area (Å²) < 4.78 is 26.6. The van der Waals surface area contributed by atoms with Gasteiger partial charge in [0, 0.05) is 45.5 Å². The van der Waals surface area contributed by atoms with Crippen LogP contribution in [-0.4, -0.2) is 34.5 Å². The second-order valence-corrected chi connectivity index (χ2v) is 8.49. The lowest BCUT2D eigenvalue weighted by molar-refractivity contribution is 0.331. The minimum atomic E-state index is -0.706. The first-order chi connectivity index (χ1) is 18.0. The average molecular weight is 499 g/mol. The van der Waals surface area contributed by atoms with Gasteiger partial charge in [0.2, 0.25) is 0 Å². The summed E-state index contributed by atoms with van der Waals surface area (Å²) >= 11 is 0. The van der Waals surface area contributed by atoms with Crippen LogP contribution in [0.25, 0.3) is 22.2 Å². The zero-order valence-corrected chi connectivity index (χ0v) is 20.4. The highest BCUT2D eigenvalue weighted by atomic mass is 19.1. The van der Waals surface area contributed by atoms with Crippen LogP contribution >= 0.6 is 0 Å². The van der Waals surface area contributed by atoms with Crippen molar-refractivity contribution in [2.45, 2.75) is 13.0 Å². The molecule has 0 spiro atoms. The maximum absolute atomic E-state index is 15.7. The maximum Gasteiger partial charge on any atom is 0.171 e. The van der Waals surface area contributed by atoms with Gasteiger partial charge >= 0.3 is 0 Å². The number of methoxy groups -OCH3 is 1. The summed E-state index contributed by atoms with van der Waals surface area (Å²) in [4.78, 5) is 11.2. The fourth-order valence-electron chi connectivity index (χ4n) is 4.26. The molecule has 2 heterocycles. The van der Waals surface area contributed by atoms with Crippen molar-refractivity contribution in [3.63, 3.8) is 0 Å². The number of aromatic nitrogens is 3. The quantitative estimate of drug-likeness (QED) is 0.134. The van der Waals surface area contributed by atoms with Gasteiger partial charge < -0.3 is 30.5 Å². The number of ether oxygens (including phenoxy) is 2. The van der Waals surface area contributed by atoms with Crippen LogP contribution < -0.4 is 20.5 Å². The molecular weight excluding hydrogens is 471 g/mol. The molecule has 0 amide bonds. The minimum Gasteiger partial charge on any atom is -0.494 e. The van der Waals surface area contributed by atoms with Gasteiger partial charge in [0.05, 0.1) is 25.6 Å². The van der Waals surface area contributed by atoms with Crippen LogP contribution in [0.15, 0.2) is 73.1 Å². The van der Waals surface area contributed by atoms with Gasteiger partial charge in [-0.15, -0.1) is 0 Å². The lowest BCUT2D eigenvalue weighted by atomic mass is 10.0. The number of nitrogen functional groups attached to an aromatic ring is 1. The fraction of sp³-hybridized carbons (Fsp3) is 0.143. The molecule has 0 radical (unpaired) electrons. The number of aromatic amines is 2. The third-order valence-corrected chi connectivity index (χ3v) is 6.12. The summed E-state index contributed by atoms with van der Waals surface area (Å²) in [5, 5.41) is 12.1. The number of anilines is 1. The summed E-state index contributed by atoms with van der Waals surface area (Å²) in [5.41, 5.74) is 9.98. The molecule has 0 aliphatic rings. The lowest BCUT2D eigenvalue weighted by Gasteiger charge is -2.21. The van der Waals surface area contributed by atoms with Gasteiger partial charge in [-0.25, -0.2) is 9.37 Å². The smallest absolute Gasteiger partial charge is 0.171 e. The van der Waals surface area contributed by atoms with Crippen molar-refractivity contribution >= 4 is 22.4 Å². The SMILES string of the molecule is CCOc1cc(OC)c(F)c(C(Nc2ccc(C(=N)N)cc2)c2ncc(-c3ccc4[nH]ccc4c3)[nH]2)c1. The summed E-state index contributed by atoms with van der Waals surface area (Å²) in [5.74, 6) is 0.520. The van der Waals surface area contributed by atoms with Crippen molar-refractivity contribution in [2.24, 2.45) is 5.73 Å². The Morgan fingerprint density at radius 1 is 1.14 bits per heavy atom. The number of hydrogen-bond donors (Lipinski definition) is 5. The van der Waals surface area contributed by atoms with E-state index in [1.165, 1.54) is 13.2 Å². The van der Waals surface area contributed by atoms with Gasteiger partial charge in [0.15, 0.2) is 11.6 Å². The molecule has 0 aliphatic carbocycles. The lowest BCUT2D eigenvalue weighted by Crippen LogP contribution is -2.17. The summed E-state index contributed by atoms with van der Waals surface area (Å²) in [6.07, 6.45) is 3.63. The minimum absolute atomic E-state index is 0.0293. The highest BCUT2D eigenvalue weighted by Crippen LogP contribution is 2.36. The van der Waals surface area contributed by atoms with Crippen molar-refractivity contribution in [2.75, 3.05) is 19.0 Å². The largest absolute Gasteiger partial charge is 0.494 e. The Kier molecular flexibility index (Phi) is 6.51. The van der Waals surface area contributed by atoms with Gasteiger partial charge in [-0.3, -0.25) is 5.41 Å². The third kappa shape index (κ3) is 4.84. The Morgan fingerprint density at radius 3 is 2.68 bits per heavy atom. The number of hydrogen-bond acceptors (Lipinski definition) is 5. The topological polar surface area (TPSA) is 125 Å². The highest BCUT2D eigenvalue weighted by molar-refractivity contribution is 5.95. The molecule has 9 heteroatoms.